The molecule has 0 amide bonds. The quantitative estimate of drug-likeness (QED) is 0.592. The van der Waals surface area contributed by atoms with Crippen LogP contribution in [0.25, 0.3) is 0 Å². The molecule has 0 aliphatic carbocycles. The van der Waals surface area contributed by atoms with Crippen LogP contribution in [0.1, 0.15) is 20.8 Å². The van der Waals surface area contributed by atoms with Crippen LogP contribution in [-0.2, 0) is 0 Å². The van der Waals surface area contributed by atoms with Crippen molar-refractivity contribution in [2.24, 2.45) is 0 Å². The fourth-order valence-electron chi connectivity index (χ4n) is 1.23. The molecule has 66 valence electrons. The van der Waals surface area contributed by atoms with Crippen molar-refractivity contribution in [1.29, 1.82) is 0 Å². The highest BCUT2D eigenvalue weighted by Crippen LogP contribution is 2.01. The van der Waals surface area contributed by atoms with Crippen molar-refractivity contribution in [2.75, 3.05) is 13.1 Å². The maximum Gasteiger partial charge on any atom is 0.226 e. The summed E-state index contributed by atoms with van der Waals surface area (Å²) >= 11 is 0. The second-order valence-corrected chi connectivity index (χ2v) is 6.35. The molecule has 0 aliphatic heterocycles. The summed E-state index contributed by atoms with van der Waals surface area (Å²) < 4.78 is 0. The molecular weight excluding hydrogens is 152 g/mol. The van der Waals surface area contributed by atoms with Gasteiger partial charge in [0.1, 0.15) is 0 Å². The molecule has 0 aromatic rings. The van der Waals surface area contributed by atoms with Gasteiger partial charge in [-0.2, -0.15) is 0 Å². The molecule has 0 saturated carbocycles. The Labute approximate surface area is 71.2 Å². The predicted octanol–water partition coefficient (Wildman–Crippen LogP) is 1.39. The number of rotatable bonds is 6. The number of nitrogens with one attached hydrogen (secondary N) is 2. The van der Waals surface area contributed by atoms with Crippen molar-refractivity contribution in [3.8, 4) is 0 Å². The van der Waals surface area contributed by atoms with Crippen molar-refractivity contribution in [3.63, 3.8) is 0 Å². The minimum Gasteiger partial charge on any atom is -0.323 e. The van der Waals surface area contributed by atoms with Crippen molar-refractivity contribution >= 4 is 8.40 Å². The first-order valence-corrected chi connectivity index (χ1v) is 6.66. The summed E-state index contributed by atoms with van der Waals surface area (Å²) in [5.41, 5.74) is 2.08. The van der Waals surface area contributed by atoms with Gasteiger partial charge in [0.15, 0.2) is 0 Å². The Kier molecular flexibility index (Phi) is 5.46. The average molecular weight is 172 g/mol. The standard InChI is InChI=1S/C8H20N2Si/c1-5-9-11(7-3,8-4)10-6-2/h7,9-10H,3,5-6,8H2,1-2,4H3. The first kappa shape index (κ1) is 10.9. The van der Waals surface area contributed by atoms with Gasteiger partial charge in [-0.25, -0.2) is 0 Å². The molecule has 0 aliphatic rings. The molecule has 0 rings (SSSR count). The maximum atomic E-state index is 3.88. The largest absolute Gasteiger partial charge is 0.323 e. The van der Waals surface area contributed by atoms with Gasteiger partial charge in [0.05, 0.1) is 0 Å². The van der Waals surface area contributed by atoms with Gasteiger partial charge >= 0.3 is 0 Å². The molecule has 11 heavy (non-hydrogen) atoms. The maximum absolute atomic E-state index is 3.88. The van der Waals surface area contributed by atoms with Crippen LogP contribution < -0.4 is 9.96 Å². The number of hydrogen-bond donors (Lipinski definition) is 2. The van der Waals surface area contributed by atoms with Gasteiger partial charge in [-0.3, -0.25) is 0 Å². The van der Waals surface area contributed by atoms with E-state index in [2.05, 4.69) is 43.0 Å². The van der Waals surface area contributed by atoms with Crippen molar-refractivity contribution < 1.29 is 0 Å². The van der Waals surface area contributed by atoms with Crippen LogP contribution in [0.15, 0.2) is 12.3 Å². The fraction of sp³-hybridized carbons (Fsp3) is 0.750. The van der Waals surface area contributed by atoms with Crippen LogP contribution >= 0.6 is 0 Å². The monoisotopic (exact) mass is 172 g/mol. The highest BCUT2D eigenvalue weighted by Gasteiger charge is 2.24. The third-order valence-electron chi connectivity index (χ3n) is 1.89. The Bertz CT molecular complexity index is 109. The summed E-state index contributed by atoms with van der Waals surface area (Å²) in [6.07, 6.45) is 0. The van der Waals surface area contributed by atoms with E-state index in [1.54, 1.807) is 0 Å². The third-order valence-corrected chi connectivity index (χ3v) is 5.67. The molecule has 3 heteroatoms. The lowest BCUT2D eigenvalue weighted by Gasteiger charge is -2.27. The Hall–Kier alpha value is -0.123. The Morgan fingerprint density at radius 1 is 1.18 bits per heavy atom. The van der Waals surface area contributed by atoms with Gasteiger partial charge in [-0.05, 0) is 19.1 Å². The normalized spacial score (nSPS) is 11.5. The SMILES string of the molecule is C=C[Si](CC)(NCC)NCC. The summed E-state index contributed by atoms with van der Waals surface area (Å²) in [6.45, 7) is 12.4. The molecule has 0 radical (unpaired) electrons. The zero-order valence-corrected chi connectivity index (χ0v) is 8.91. The number of hydrogen-bond acceptors (Lipinski definition) is 2. The second kappa shape index (κ2) is 5.52. The summed E-state index contributed by atoms with van der Waals surface area (Å²) in [4.78, 5) is 7.01. The van der Waals surface area contributed by atoms with Gasteiger partial charge < -0.3 is 9.96 Å². The van der Waals surface area contributed by atoms with E-state index in [1.807, 2.05) is 0 Å². The van der Waals surface area contributed by atoms with E-state index in [9.17, 15) is 0 Å². The van der Waals surface area contributed by atoms with E-state index >= 15 is 0 Å². The molecule has 0 aromatic carbocycles. The topological polar surface area (TPSA) is 24.1 Å². The van der Waals surface area contributed by atoms with E-state index in [1.165, 1.54) is 0 Å². The molecular formula is C8H20N2Si. The Balaban J connectivity index is 4.07. The highest BCUT2D eigenvalue weighted by atomic mass is 28.3. The van der Waals surface area contributed by atoms with Crippen molar-refractivity contribution in [3.05, 3.63) is 12.3 Å². The van der Waals surface area contributed by atoms with E-state index in [4.69, 9.17) is 0 Å². The molecule has 0 aromatic heterocycles. The van der Waals surface area contributed by atoms with Crippen LogP contribution in [0.3, 0.4) is 0 Å². The molecule has 0 fully saturated rings. The van der Waals surface area contributed by atoms with E-state index in [0.29, 0.717) is 0 Å². The Morgan fingerprint density at radius 3 is 1.82 bits per heavy atom. The molecule has 0 bridgehead atoms. The zero-order valence-electron chi connectivity index (χ0n) is 7.91. The molecule has 0 spiro atoms. The average Bonchev–Trinajstić information content (AvgIpc) is 2.04. The lowest BCUT2D eigenvalue weighted by molar-refractivity contribution is 0.856. The van der Waals surface area contributed by atoms with E-state index < -0.39 is 8.40 Å². The van der Waals surface area contributed by atoms with Crippen molar-refractivity contribution in [2.45, 2.75) is 26.8 Å². The van der Waals surface area contributed by atoms with Gasteiger partial charge in [-0.15, -0.1) is 6.58 Å². The molecule has 2 nitrogen and oxygen atoms in total. The van der Waals surface area contributed by atoms with Crippen molar-refractivity contribution in [1.82, 2.24) is 9.96 Å². The summed E-state index contributed by atoms with van der Waals surface area (Å²) in [5.74, 6) is 0. The lowest BCUT2D eigenvalue weighted by Crippen LogP contribution is -2.60. The minimum atomic E-state index is -1.48. The van der Waals surface area contributed by atoms with Crippen LogP contribution in [-0.4, -0.2) is 21.5 Å². The summed E-state index contributed by atoms with van der Waals surface area (Å²) in [6, 6.07) is 1.16. The highest BCUT2D eigenvalue weighted by molar-refractivity contribution is 6.79. The first-order valence-electron chi connectivity index (χ1n) is 4.38. The van der Waals surface area contributed by atoms with Crippen LogP contribution in [0, 0.1) is 0 Å². The first-order chi connectivity index (χ1) is 5.24. The molecule has 0 atom stereocenters. The van der Waals surface area contributed by atoms with E-state index in [-0.39, 0.29) is 0 Å². The fourth-order valence-corrected chi connectivity index (χ4v) is 3.70. The molecule has 0 saturated heterocycles. The minimum absolute atomic E-state index is 1.03. The van der Waals surface area contributed by atoms with Gasteiger partial charge in [-0.1, -0.05) is 26.5 Å². The van der Waals surface area contributed by atoms with Gasteiger partial charge in [0.25, 0.3) is 0 Å². The van der Waals surface area contributed by atoms with Gasteiger partial charge in [0.2, 0.25) is 8.40 Å². The second-order valence-electron chi connectivity index (χ2n) is 2.59. The Morgan fingerprint density at radius 2 is 1.64 bits per heavy atom. The van der Waals surface area contributed by atoms with Crippen LogP contribution in [0.2, 0.25) is 6.04 Å². The lowest BCUT2D eigenvalue weighted by atomic mass is 10.8. The summed E-state index contributed by atoms with van der Waals surface area (Å²) in [7, 11) is -1.48. The predicted molar refractivity (Wildman–Crippen MR) is 53.8 cm³/mol. The summed E-state index contributed by atoms with van der Waals surface area (Å²) in [5, 5.41) is 0. The van der Waals surface area contributed by atoms with Gasteiger partial charge in [0, 0.05) is 0 Å². The third kappa shape index (κ3) is 3.18. The van der Waals surface area contributed by atoms with E-state index in [0.717, 1.165) is 19.1 Å². The molecule has 0 heterocycles. The molecule has 2 N–H and O–H groups in total. The van der Waals surface area contributed by atoms with Crippen LogP contribution in [0.4, 0.5) is 0 Å². The molecule has 0 unspecified atom stereocenters. The zero-order chi connectivity index (χ0) is 8.74. The van der Waals surface area contributed by atoms with Crippen LogP contribution in [0.5, 0.6) is 0 Å². The smallest absolute Gasteiger partial charge is 0.226 e.